The molecule has 1 heterocycles. The first-order chi connectivity index (χ1) is 5.62. The van der Waals surface area contributed by atoms with Crippen molar-refractivity contribution in [2.75, 3.05) is 6.61 Å². The zero-order valence-corrected chi connectivity index (χ0v) is 7.80. The van der Waals surface area contributed by atoms with Crippen LogP contribution in [-0.2, 0) is 9.53 Å². The number of carbonyl (C=O) groups excluding carboxylic acids is 1. The van der Waals surface area contributed by atoms with Crippen LogP contribution in [0.4, 0.5) is 0 Å². The molecule has 3 atom stereocenters. The van der Waals surface area contributed by atoms with Gasteiger partial charge in [0.15, 0.2) is 0 Å². The minimum atomic E-state index is -0.0722. The minimum Gasteiger partial charge on any atom is -0.369 e. The second-order valence-corrected chi connectivity index (χ2v) is 4.51. The van der Waals surface area contributed by atoms with Crippen molar-refractivity contribution < 1.29 is 9.53 Å². The molecule has 2 nitrogen and oxygen atoms in total. The van der Waals surface area contributed by atoms with Crippen LogP contribution >= 0.6 is 0 Å². The summed E-state index contributed by atoms with van der Waals surface area (Å²) in [4.78, 5) is 11.6. The highest BCUT2D eigenvalue weighted by Crippen LogP contribution is 2.42. The molecule has 0 aromatic heterocycles. The van der Waals surface area contributed by atoms with Gasteiger partial charge in [-0.1, -0.05) is 6.92 Å². The molecule has 3 unspecified atom stereocenters. The lowest BCUT2D eigenvalue weighted by Crippen LogP contribution is -2.33. The summed E-state index contributed by atoms with van der Waals surface area (Å²) in [7, 11) is 0. The molecular weight excluding hydrogens is 152 g/mol. The van der Waals surface area contributed by atoms with Gasteiger partial charge in [-0.25, -0.2) is 0 Å². The second-order valence-electron chi connectivity index (χ2n) is 4.51. The third-order valence-corrected chi connectivity index (χ3v) is 3.22. The van der Waals surface area contributed by atoms with Crippen molar-refractivity contribution in [3.05, 3.63) is 0 Å². The number of Topliss-reactive ketones (excluding diaryl/α,β-unsaturated/α-hetero) is 1. The molecule has 0 radical (unpaired) electrons. The Hall–Kier alpha value is -0.370. The first-order valence-corrected chi connectivity index (χ1v) is 4.78. The Labute approximate surface area is 73.3 Å². The third kappa shape index (κ3) is 1.28. The van der Waals surface area contributed by atoms with Gasteiger partial charge in [-0.15, -0.1) is 0 Å². The van der Waals surface area contributed by atoms with E-state index in [-0.39, 0.29) is 11.5 Å². The van der Waals surface area contributed by atoms with Crippen molar-refractivity contribution in [1.29, 1.82) is 0 Å². The van der Waals surface area contributed by atoms with Crippen molar-refractivity contribution in [2.24, 2.45) is 11.8 Å². The van der Waals surface area contributed by atoms with Crippen LogP contribution < -0.4 is 0 Å². The molecule has 1 saturated carbocycles. The van der Waals surface area contributed by atoms with Gasteiger partial charge in [0.2, 0.25) is 0 Å². The predicted octanol–water partition coefficient (Wildman–Crippen LogP) is 1.78. The summed E-state index contributed by atoms with van der Waals surface area (Å²) < 4.78 is 5.32. The van der Waals surface area contributed by atoms with Crippen LogP contribution in [0.15, 0.2) is 0 Å². The molecule has 1 saturated heterocycles. The first kappa shape index (κ1) is 8.24. The Bertz CT molecular complexity index is 206. The lowest BCUT2D eigenvalue weighted by molar-refractivity contribution is -0.127. The molecule has 0 bridgehead atoms. The lowest BCUT2D eigenvalue weighted by Gasteiger charge is -2.27. The molecule has 0 aromatic carbocycles. The predicted molar refractivity (Wildman–Crippen MR) is 45.9 cm³/mol. The smallest absolute Gasteiger partial charge is 0.139 e. The van der Waals surface area contributed by atoms with Crippen LogP contribution in [0.5, 0.6) is 0 Å². The van der Waals surface area contributed by atoms with Gasteiger partial charge in [-0.05, 0) is 25.7 Å². The minimum absolute atomic E-state index is 0.0722. The molecule has 2 heteroatoms. The highest BCUT2D eigenvalue weighted by molar-refractivity contribution is 5.83. The molecular formula is C10H16O2. The molecule has 0 amide bonds. The summed E-state index contributed by atoms with van der Waals surface area (Å²) in [5, 5.41) is 0. The van der Waals surface area contributed by atoms with Gasteiger partial charge in [0.05, 0.1) is 12.2 Å². The quantitative estimate of drug-likeness (QED) is 0.558. The number of hydrogen-bond donors (Lipinski definition) is 0. The SMILES string of the molecule is CC1CCC(C2(C)CO2)C(=O)C1. The summed E-state index contributed by atoms with van der Waals surface area (Å²) in [6.07, 6.45) is 3.00. The Kier molecular flexibility index (Phi) is 1.76. The van der Waals surface area contributed by atoms with Gasteiger partial charge in [0.25, 0.3) is 0 Å². The molecule has 12 heavy (non-hydrogen) atoms. The highest BCUT2D eigenvalue weighted by atomic mass is 16.6. The summed E-state index contributed by atoms with van der Waals surface area (Å²) in [5.74, 6) is 1.22. The molecule has 2 rings (SSSR count). The normalized spacial score (nSPS) is 47.7. The number of carbonyl (C=O) groups is 1. The Morgan fingerprint density at radius 3 is 2.67 bits per heavy atom. The number of hydrogen-bond acceptors (Lipinski definition) is 2. The molecule has 68 valence electrons. The zero-order valence-electron chi connectivity index (χ0n) is 7.80. The lowest BCUT2D eigenvalue weighted by atomic mass is 9.76. The number of rotatable bonds is 1. The van der Waals surface area contributed by atoms with Crippen molar-refractivity contribution in [1.82, 2.24) is 0 Å². The van der Waals surface area contributed by atoms with E-state index in [9.17, 15) is 4.79 Å². The van der Waals surface area contributed by atoms with E-state index in [1.54, 1.807) is 0 Å². The maximum absolute atomic E-state index is 11.6. The molecule has 2 aliphatic rings. The maximum atomic E-state index is 11.6. The van der Waals surface area contributed by atoms with Gasteiger partial charge in [-0.2, -0.15) is 0 Å². The summed E-state index contributed by atoms with van der Waals surface area (Å²) in [6, 6.07) is 0. The van der Waals surface area contributed by atoms with Crippen molar-refractivity contribution in [2.45, 2.75) is 38.7 Å². The monoisotopic (exact) mass is 168 g/mol. The van der Waals surface area contributed by atoms with E-state index in [1.807, 2.05) is 0 Å². The van der Waals surface area contributed by atoms with Crippen LogP contribution in [-0.4, -0.2) is 18.0 Å². The van der Waals surface area contributed by atoms with E-state index in [4.69, 9.17) is 4.74 Å². The van der Waals surface area contributed by atoms with Gasteiger partial charge in [-0.3, -0.25) is 4.79 Å². The van der Waals surface area contributed by atoms with E-state index >= 15 is 0 Å². The highest BCUT2D eigenvalue weighted by Gasteiger charge is 2.50. The van der Waals surface area contributed by atoms with Gasteiger partial charge in [0, 0.05) is 12.3 Å². The van der Waals surface area contributed by atoms with Crippen LogP contribution in [0.3, 0.4) is 0 Å². The van der Waals surface area contributed by atoms with Crippen LogP contribution in [0.2, 0.25) is 0 Å². The molecule has 2 fully saturated rings. The van der Waals surface area contributed by atoms with Gasteiger partial charge >= 0.3 is 0 Å². The van der Waals surface area contributed by atoms with E-state index < -0.39 is 0 Å². The average molecular weight is 168 g/mol. The van der Waals surface area contributed by atoms with Crippen molar-refractivity contribution >= 4 is 5.78 Å². The first-order valence-electron chi connectivity index (χ1n) is 4.78. The average Bonchev–Trinajstić information content (AvgIpc) is 2.68. The summed E-state index contributed by atoms with van der Waals surface area (Å²) in [6.45, 7) is 5.01. The molecule has 1 aliphatic heterocycles. The molecule has 0 N–H and O–H groups in total. The Balaban J connectivity index is 2.03. The Morgan fingerprint density at radius 2 is 2.17 bits per heavy atom. The van der Waals surface area contributed by atoms with E-state index in [1.165, 1.54) is 6.42 Å². The summed E-state index contributed by atoms with van der Waals surface area (Å²) >= 11 is 0. The van der Waals surface area contributed by atoms with E-state index in [0.717, 1.165) is 19.4 Å². The van der Waals surface area contributed by atoms with Gasteiger partial charge in [0.1, 0.15) is 5.78 Å². The molecule has 0 spiro atoms. The molecule has 1 aliphatic carbocycles. The van der Waals surface area contributed by atoms with Crippen molar-refractivity contribution in [3.63, 3.8) is 0 Å². The number of ether oxygens (including phenoxy) is 1. The molecule has 0 aromatic rings. The third-order valence-electron chi connectivity index (χ3n) is 3.22. The summed E-state index contributed by atoms with van der Waals surface area (Å²) in [5.41, 5.74) is -0.0722. The van der Waals surface area contributed by atoms with Crippen LogP contribution in [0.25, 0.3) is 0 Å². The van der Waals surface area contributed by atoms with Gasteiger partial charge < -0.3 is 4.74 Å². The Morgan fingerprint density at radius 1 is 1.50 bits per heavy atom. The number of ketones is 1. The fourth-order valence-electron chi connectivity index (χ4n) is 2.16. The fourth-order valence-corrected chi connectivity index (χ4v) is 2.16. The van der Waals surface area contributed by atoms with E-state index in [0.29, 0.717) is 11.7 Å². The standard InChI is InChI=1S/C10H16O2/c1-7-3-4-8(9(11)5-7)10(2)6-12-10/h7-8H,3-6H2,1-2H3. The zero-order chi connectivity index (χ0) is 8.77. The fraction of sp³-hybridized carbons (Fsp3) is 0.900. The second kappa shape index (κ2) is 2.56. The van der Waals surface area contributed by atoms with Crippen molar-refractivity contribution in [3.8, 4) is 0 Å². The number of epoxide rings is 1. The maximum Gasteiger partial charge on any atom is 0.139 e. The topological polar surface area (TPSA) is 29.6 Å². The van der Waals surface area contributed by atoms with Crippen LogP contribution in [0, 0.1) is 11.8 Å². The van der Waals surface area contributed by atoms with Crippen LogP contribution in [0.1, 0.15) is 33.1 Å². The largest absolute Gasteiger partial charge is 0.369 e. The van der Waals surface area contributed by atoms with E-state index in [2.05, 4.69) is 13.8 Å².